The second kappa shape index (κ2) is 10.5. The molecule has 0 fully saturated rings. The molecule has 3 aromatic rings. The highest BCUT2D eigenvalue weighted by Crippen LogP contribution is 2.18. The maximum atomic E-state index is 12.3. The van der Waals surface area contributed by atoms with Crippen molar-refractivity contribution < 1.29 is 14.3 Å². The molecule has 0 saturated heterocycles. The molecule has 0 aliphatic carbocycles. The zero-order valence-electron chi connectivity index (χ0n) is 16.5. The molecule has 0 aliphatic rings. The summed E-state index contributed by atoms with van der Waals surface area (Å²) in [4.78, 5) is 28.6. The first-order valence-corrected chi connectivity index (χ1v) is 9.87. The molecular weight excluding hydrogens is 406 g/mol. The Morgan fingerprint density at radius 1 is 1.07 bits per heavy atom. The van der Waals surface area contributed by atoms with Crippen LogP contribution in [0.3, 0.4) is 0 Å². The number of benzene rings is 2. The molecule has 8 heteroatoms. The van der Waals surface area contributed by atoms with E-state index in [0.29, 0.717) is 36.2 Å². The predicted molar refractivity (Wildman–Crippen MR) is 115 cm³/mol. The van der Waals surface area contributed by atoms with Crippen molar-refractivity contribution in [3.05, 3.63) is 76.3 Å². The molecule has 0 unspecified atom stereocenters. The fourth-order valence-electron chi connectivity index (χ4n) is 2.69. The minimum Gasteiger partial charge on any atom is -0.494 e. The average molecular weight is 428 g/mol. The van der Waals surface area contributed by atoms with Crippen LogP contribution in [0.2, 0.25) is 5.02 Å². The van der Waals surface area contributed by atoms with Crippen molar-refractivity contribution in [2.45, 2.75) is 13.5 Å². The van der Waals surface area contributed by atoms with Crippen LogP contribution >= 0.6 is 11.6 Å². The van der Waals surface area contributed by atoms with Crippen LogP contribution in [0.5, 0.6) is 11.5 Å². The number of hydrogen-bond donors (Lipinski definition) is 1. The Hall–Kier alpha value is -3.32. The van der Waals surface area contributed by atoms with E-state index in [1.54, 1.807) is 36.4 Å². The number of carbonyl (C=O) groups is 1. The molecule has 0 atom stereocenters. The van der Waals surface area contributed by atoms with Gasteiger partial charge in [0.15, 0.2) is 0 Å². The van der Waals surface area contributed by atoms with Gasteiger partial charge in [-0.25, -0.2) is 4.98 Å². The largest absolute Gasteiger partial charge is 0.494 e. The van der Waals surface area contributed by atoms with Gasteiger partial charge in [0.05, 0.1) is 25.2 Å². The molecule has 3 rings (SSSR count). The third-order valence-electron chi connectivity index (χ3n) is 4.16. The number of nitrogens with one attached hydrogen (secondary N) is 1. The normalized spacial score (nSPS) is 10.5. The lowest BCUT2D eigenvalue weighted by atomic mass is 10.1. The Morgan fingerprint density at radius 3 is 2.37 bits per heavy atom. The van der Waals surface area contributed by atoms with Crippen LogP contribution in [0.15, 0.2) is 65.7 Å². The molecule has 2 aromatic carbocycles. The quantitative estimate of drug-likeness (QED) is 0.530. The molecule has 30 heavy (non-hydrogen) atoms. The van der Waals surface area contributed by atoms with Crippen LogP contribution in [0.4, 0.5) is 0 Å². The zero-order valence-corrected chi connectivity index (χ0v) is 17.3. The van der Waals surface area contributed by atoms with Crippen LogP contribution in [0.1, 0.15) is 6.92 Å². The SMILES string of the molecule is CCOc1ccc(OCCNC(=O)Cn2cnc(-c3ccc(Cl)cc3)cc2=O)cc1. The third-order valence-corrected chi connectivity index (χ3v) is 4.41. The summed E-state index contributed by atoms with van der Waals surface area (Å²) in [7, 11) is 0. The van der Waals surface area contributed by atoms with Crippen molar-refractivity contribution in [2.24, 2.45) is 0 Å². The van der Waals surface area contributed by atoms with Crippen molar-refractivity contribution >= 4 is 17.5 Å². The highest BCUT2D eigenvalue weighted by atomic mass is 35.5. The second-order valence-corrected chi connectivity index (χ2v) is 6.79. The summed E-state index contributed by atoms with van der Waals surface area (Å²) >= 11 is 5.87. The summed E-state index contributed by atoms with van der Waals surface area (Å²) in [6.45, 7) is 3.04. The Kier molecular flexibility index (Phi) is 7.45. The van der Waals surface area contributed by atoms with Gasteiger partial charge in [0.1, 0.15) is 24.7 Å². The third kappa shape index (κ3) is 6.09. The molecule has 0 radical (unpaired) electrons. The van der Waals surface area contributed by atoms with E-state index in [1.165, 1.54) is 17.0 Å². The number of amides is 1. The van der Waals surface area contributed by atoms with E-state index in [2.05, 4.69) is 10.3 Å². The Balaban J connectivity index is 1.46. The fraction of sp³-hybridized carbons (Fsp3) is 0.227. The second-order valence-electron chi connectivity index (χ2n) is 6.35. The summed E-state index contributed by atoms with van der Waals surface area (Å²) < 4.78 is 12.2. The Labute approximate surface area is 179 Å². The van der Waals surface area contributed by atoms with Crippen molar-refractivity contribution in [3.63, 3.8) is 0 Å². The topological polar surface area (TPSA) is 82.4 Å². The minimum absolute atomic E-state index is 0.115. The van der Waals surface area contributed by atoms with Crippen LogP contribution in [-0.2, 0) is 11.3 Å². The van der Waals surface area contributed by atoms with E-state index in [0.717, 1.165) is 11.3 Å². The first kappa shape index (κ1) is 21.4. The van der Waals surface area contributed by atoms with E-state index in [4.69, 9.17) is 21.1 Å². The number of halogens is 1. The predicted octanol–water partition coefficient (Wildman–Crippen LogP) is 3.16. The zero-order chi connectivity index (χ0) is 21.3. The van der Waals surface area contributed by atoms with E-state index in [9.17, 15) is 9.59 Å². The highest BCUT2D eigenvalue weighted by molar-refractivity contribution is 6.30. The van der Waals surface area contributed by atoms with E-state index in [1.807, 2.05) is 19.1 Å². The monoisotopic (exact) mass is 427 g/mol. The smallest absolute Gasteiger partial charge is 0.254 e. The van der Waals surface area contributed by atoms with Gasteiger partial charge < -0.3 is 14.8 Å². The molecular formula is C22H22ClN3O4. The molecule has 0 saturated carbocycles. The standard InChI is InChI=1S/C22H22ClN3O4/c1-2-29-18-7-9-19(10-8-18)30-12-11-24-21(27)14-26-15-25-20(13-22(26)28)16-3-5-17(23)6-4-16/h3-10,13,15H,2,11-12,14H2,1H3,(H,24,27). The molecule has 1 N–H and O–H groups in total. The summed E-state index contributed by atoms with van der Waals surface area (Å²) in [5.74, 6) is 1.17. The van der Waals surface area contributed by atoms with E-state index >= 15 is 0 Å². The van der Waals surface area contributed by atoms with Gasteiger partial charge in [0.2, 0.25) is 5.91 Å². The van der Waals surface area contributed by atoms with E-state index < -0.39 is 0 Å². The molecule has 1 aromatic heterocycles. The van der Waals surface area contributed by atoms with Crippen molar-refractivity contribution in [2.75, 3.05) is 19.8 Å². The maximum absolute atomic E-state index is 12.3. The number of hydrogen-bond acceptors (Lipinski definition) is 5. The molecule has 1 amide bonds. The molecule has 0 spiro atoms. The van der Waals surface area contributed by atoms with Crippen molar-refractivity contribution in [1.29, 1.82) is 0 Å². The number of carbonyl (C=O) groups excluding carboxylic acids is 1. The van der Waals surface area contributed by atoms with Gasteiger partial charge in [0.25, 0.3) is 5.56 Å². The minimum atomic E-state index is -0.310. The molecule has 0 aliphatic heterocycles. The first-order chi connectivity index (χ1) is 14.5. The van der Waals surface area contributed by atoms with Crippen LogP contribution in [0, 0.1) is 0 Å². The van der Waals surface area contributed by atoms with Crippen LogP contribution in [0.25, 0.3) is 11.3 Å². The van der Waals surface area contributed by atoms with Gasteiger partial charge in [-0.3, -0.25) is 14.2 Å². The van der Waals surface area contributed by atoms with Gasteiger partial charge in [-0.05, 0) is 43.3 Å². The van der Waals surface area contributed by atoms with Gasteiger partial charge in [0, 0.05) is 16.7 Å². The number of rotatable bonds is 9. The fourth-order valence-corrected chi connectivity index (χ4v) is 2.82. The first-order valence-electron chi connectivity index (χ1n) is 9.50. The molecule has 156 valence electrons. The highest BCUT2D eigenvalue weighted by Gasteiger charge is 2.07. The number of nitrogens with zero attached hydrogens (tertiary/aromatic N) is 2. The Morgan fingerprint density at radius 2 is 1.73 bits per heavy atom. The van der Waals surface area contributed by atoms with Crippen molar-refractivity contribution in [3.8, 4) is 22.8 Å². The van der Waals surface area contributed by atoms with E-state index in [-0.39, 0.29) is 18.0 Å². The van der Waals surface area contributed by atoms with Crippen molar-refractivity contribution in [1.82, 2.24) is 14.9 Å². The average Bonchev–Trinajstić information content (AvgIpc) is 2.75. The lowest BCUT2D eigenvalue weighted by Crippen LogP contribution is -2.34. The lowest BCUT2D eigenvalue weighted by molar-refractivity contribution is -0.121. The van der Waals surface area contributed by atoms with Gasteiger partial charge >= 0.3 is 0 Å². The molecule has 0 bridgehead atoms. The summed E-state index contributed by atoms with van der Waals surface area (Å²) in [5, 5.41) is 3.33. The number of aromatic nitrogens is 2. The van der Waals surface area contributed by atoms with Crippen LogP contribution < -0.4 is 20.3 Å². The lowest BCUT2D eigenvalue weighted by Gasteiger charge is -2.10. The molecule has 7 nitrogen and oxygen atoms in total. The molecule has 1 heterocycles. The van der Waals surface area contributed by atoms with Gasteiger partial charge in [-0.15, -0.1) is 0 Å². The summed E-state index contributed by atoms with van der Waals surface area (Å²) in [5.41, 5.74) is 0.993. The summed E-state index contributed by atoms with van der Waals surface area (Å²) in [6, 6.07) is 15.7. The van der Waals surface area contributed by atoms with Crippen LogP contribution in [-0.4, -0.2) is 35.2 Å². The Bertz CT molecular complexity index is 1030. The number of ether oxygens (including phenoxy) is 2. The van der Waals surface area contributed by atoms with Gasteiger partial charge in [-0.2, -0.15) is 0 Å². The van der Waals surface area contributed by atoms with Gasteiger partial charge in [-0.1, -0.05) is 23.7 Å². The summed E-state index contributed by atoms with van der Waals surface area (Å²) in [6.07, 6.45) is 1.36. The maximum Gasteiger partial charge on any atom is 0.254 e.